The molecule has 1 unspecified atom stereocenters. The summed E-state index contributed by atoms with van der Waals surface area (Å²) in [7, 11) is 0. The smallest absolute Gasteiger partial charge is 0.242 e. The second-order valence-corrected chi connectivity index (χ2v) is 8.53. The number of halogens is 1. The lowest BCUT2D eigenvalue weighted by molar-refractivity contribution is -0.121. The number of amides is 1. The molecule has 3 aromatic rings. The van der Waals surface area contributed by atoms with Crippen LogP contribution >= 0.6 is 11.6 Å². The first-order valence-electron chi connectivity index (χ1n) is 11.4. The highest BCUT2D eigenvalue weighted by Crippen LogP contribution is 2.29. The van der Waals surface area contributed by atoms with Crippen LogP contribution in [0.3, 0.4) is 0 Å². The van der Waals surface area contributed by atoms with Gasteiger partial charge in [0.25, 0.3) is 0 Å². The lowest BCUT2D eigenvalue weighted by atomic mass is 10.1. The van der Waals surface area contributed by atoms with Crippen molar-refractivity contribution in [2.45, 2.75) is 38.1 Å². The first kappa shape index (κ1) is 23.6. The van der Waals surface area contributed by atoms with Gasteiger partial charge in [-0.15, -0.1) is 0 Å². The highest BCUT2D eigenvalue weighted by Gasteiger charge is 2.22. The summed E-state index contributed by atoms with van der Waals surface area (Å²) >= 11 is 6.07. The number of phenols is 1. The Morgan fingerprint density at radius 3 is 2.68 bits per heavy atom. The number of nitrogens with zero attached hydrogens (tertiary/aromatic N) is 3. The molecule has 0 spiro atoms. The van der Waals surface area contributed by atoms with Crippen molar-refractivity contribution < 1.29 is 9.90 Å². The Bertz CT molecular complexity index is 1110. The van der Waals surface area contributed by atoms with Crippen molar-refractivity contribution in [3.63, 3.8) is 0 Å². The van der Waals surface area contributed by atoms with E-state index in [4.69, 9.17) is 11.6 Å². The summed E-state index contributed by atoms with van der Waals surface area (Å²) in [5, 5.41) is 22.9. The van der Waals surface area contributed by atoms with Crippen LogP contribution in [-0.2, 0) is 11.2 Å². The predicted octanol–water partition coefficient (Wildman–Crippen LogP) is 4.10. The fourth-order valence-corrected chi connectivity index (χ4v) is 3.85. The van der Waals surface area contributed by atoms with E-state index in [1.165, 1.54) is 11.6 Å². The molecule has 2 aromatic carbocycles. The fraction of sp³-hybridized carbons (Fsp3) is 0.333. The molecule has 1 aromatic heterocycles. The quantitative estimate of drug-likeness (QED) is 0.228. The number of hydrogen-bond donors (Lipinski definition) is 5. The van der Waals surface area contributed by atoms with Crippen molar-refractivity contribution in [3.8, 4) is 5.75 Å². The van der Waals surface area contributed by atoms with E-state index in [0.717, 1.165) is 25.7 Å². The minimum Gasteiger partial charge on any atom is -0.506 e. The summed E-state index contributed by atoms with van der Waals surface area (Å²) < 4.78 is 0. The Kier molecular flexibility index (Phi) is 7.98. The van der Waals surface area contributed by atoms with Crippen LogP contribution in [0.15, 0.2) is 48.5 Å². The van der Waals surface area contributed by atoms with Gasteiger partial charge in [-0.1, -0.05) is 41.9 Å². The Morgan fingerprint density at radius 2 is 1.82 bits per heavy atom. The number of hydrogen-bond acceptors (Lipinski definition) is 8. The van der Waals surface area contributed by atoms with Gasteiger partial charge in [-0.2, -0.15) is 15.0 Å². The van der Waals surface area contributed by atoms with E-state index in [2.05, 4.69) is 48.4 Å². The highest BCUT2D eigenvalue weighted by atomic mass is 35.5. The Labute approximate surface area is 203 Å². The summed E-state index contributed by atoms with van der Waals surface area (Å²) in [6.45, 7) is 1.33. The van der Waals surface area contributed by atoms with Crippen LogP contribution < -0.4 is 21.3 Å². The topological polar surface area (TPSA) is 124 Å². The van der Waals surface area contributed by atoms with Gasteiger partial charge in [0.05, 0.1) is 5.69 Å². The van der Waals surface area contributed by atoms with Gasteiger partial charge in [-0.05, 0) is 55.9 Å². The van der Waals surface area contributed by atoms with E-state index in [9.17, 15) is 9.90 Å². The number of aromatic nitrogens is 3. The third-order valence-corrected chi connectivity index (χ3v) is 5.68. The molecule has 0 aliphatic carbocycles. The molecule has 9 nitrogen and oxygen atoms in total. The second-order valence-electron chi connectivity index (χ2n) is 8.09. The average molecular weight is 482 g/mol. The standard InChI is InChI=1S/C24H28ClN7O2/c25-17-11-12-20(33)19(15-17)29-24-31-22(27-14-6-9-16-7-2-1-3-8-16)30-23(32-24)28-18-10-4-5-13-26-21(18)34/h1-3,7-8,11-12,15,18,33H,4-6,9-10,13-14H2,(H,26,34)(H3,27,28,29,30,31,32). The van der Waals surface area contributed by atoms with E-state index in [1.54, 1.807) is 12.1 Å². The van der Waals surface area contributed by atoms with Crippen molar-refractivity contribution in [2.75, 3.05) is 29.0 Å². The van der Waals surface area contributed by atoms with E-state index in [1.807, 2.05) is 18.2 Å². The van der Waals surface area contributed by atoms with Gasteiger partial charge in [0.1, 0.15) is 11.8 Å². The molecular formula is C24H28ClN7O2. The van der Waals surface area contributed by atoms with Gasteiger partial charge < -0.3 is 26.4 Å². The van der Waals surface area contributed by atoms with Gasteiger partial charge in [-0.25, -0.2) is 0 Å². The molecule has 1 saturated heterocycles. The Balaban J connectivity index is 1.50. The predicted molar refractivity (Wildman–Crippen MR) is 134 cm³/mol. The Morgan fingerprint density at radius 1 is 1.03 bits per heavy atom. The minimum absolute atomic E-state index is 0.0137. The SMILES string of the molecule is O=C1NCCCCC1Nc1nc(NCCCc2ccccc2)nc(Nc2cc(Cl)ccc2O)n1. The molecular weight excluding hydrogens is 454 g/mol. The summed E-state index contributed by atoms with van der Waals surface area (Å²) in [4.78, 5) is 25.7. The lowest BCUT2D eigenvalue weighted by Crippen LogP contribution is -2.38. The molecule has 5 N–H and O–H groups in total. The second kappa shape index (κ2) is 11.5. The van der Waals surface area contributed by atoms with Gasteiger partial charge >= 0.3 is 0 Å². The number of benzene rings is 2. The molecule has 1 aliphatic heterocycles. The summed E-state index contributed by atoms with van der Waals surface area (Å²) in [6.07, 6.45) is 4.37. The minimum atomic E-state index is -0.428. The average Bonchev–Trinajstić information content (AvgIpc) is 3.04. The largest absolute Gasteiger partial charge is 0.506 e. The molecule has 0 bridgehead atoms. The maximum absolute atomic E-state index is 12.4. The monoisotopic (exact) mass is 481 g/mol. The molecule has 34 heavy (non-hydrogen) atoms. The number of phenolic OH excluding ortho intramolecular Hbond substituents is 1. The van der Waals surface area contributed by atoms with Gasteiger partial charge in [0.15, 0.2) is 0 Å². The van der Waals surface area contributed by atoms with Crippen LogP contribution in [0.5, 0.6) is 5.75 Å². The van der Waals surface area contributed by atoms with Crippen molar-refractivity contribution >= 4 is 41.0 Å². The molecule has 1 amide bonds. The highest BCUT2D eigenvalue weighted by molar-refractivity contribution is 6.30. The van der Waals surface area contributed by atoms with Crippen LogP contribution in [0, 0.1) is 0 Å². The molecule has 1 atom stereocenters. The van der Waals surface area contributed by atoms with Crippen molar-refractivity contribution in [2.24, 2.45) is 0 Å². The van der Waals surface area contributed by atoms with Crippen molar-refractivity contribution in [3.05, 3.63) is 59.1 Å². The molecule has 1 fully saturated rings. The zero-order chi connectivity index (χ0) is 23.8. The van der Waals surface area contributed by atoms with Crippen LogP contribution in [0.25, 0.3) is 0 Å². The number of carbonyl (C=O) groups is 1. The first-order valence-corrected chi connectivity index (χ1v) is 11.8. The number of aromatic hydroxyl groups is 1. The molecule has 2 heterocycles. The van der Waals surface area contributed by atoms with Crippen LogP contribution in [0.2, 0.25) is 5.02 Å². The van der Waals surface area contributed by atoms with Gasteiger partial charge in [0, 0.05) is 18.1 Å². The zero-order valence-corrected chi connectivity index (χ0v) is 19.5. The van der Waals surface area contributed by atoms with Crippen molar-refractivity contribution in [1.82, 2.24) is 20.3 Å². The van der Waals surface area contributed by atoms with Crippen molar-refractivity contribution in [1.29, 1.82) is 0 Å². The number of anilines is 4. The third-order valence-electron chi connectivity index (χ3n) is 5.45. The maximum Gasteiger partial charge on any atom is 0.242 e. The summed E-state index contributed by atoms with van der Waals surface area (Å²) in [6, 6.07) is 14.5. The lowest BCUT2D eigenvalue weighted by Gasteiger charge is -2.17. The van der Waals surface area contributed by atoms with Crippen LogP contribution in [0.4, 0.5) is 23.5 Å². The first-order chi connectivity index (χ1) is 16.6. The zero-order valence-electron chi connectivity index (χ0n) is 18.7. The molecule has 178 valence electrons. The van der Waals surface area contributed by atoms with E-state index in [0.29, 0.717) is 36.2 Å². The molecule has 10 heteroatoms. The number of aryl methyl sites for hydroxylation is 1. The summed E-state index contributed by atoms with van der Waals surface area (Å²) in [5.41, 5.74) is 1.63. The van der Waals surface area contributed by atoms with Gasteiger partial charge in [-0.3, -0.25) is 4.79 Å². The number of carbonyl (C=O) groups excluding carboxylic acids is 1. The normalized spacial score (nSPS) is 15.8. The van der Waals surface area contributed by atoms with Crippen LogP contribution in [0.1, 0.15) is 31.2 Å². The van der Waals surface area contributed by atoms with Gasteiger partial charge in [0.2, 0.25) is 23.8 Å². The molecule has 0 radical (unpaired) electrons. The third kappa shape index (κ3) is 6.71. The Hall–Kier alpha value is -3.59. The van der Waals surface area contributed by atoms with E-state index >= 15 is 0 Å². The number of rotatable bonds is 9. The molecule has 1 aliphatic rings. The fourth-order valence-electron chi connectivity index (χ4n) is 3.67. The molecule has 4 rings (SSSR count). The number of nitrogens with one attached hydrogen (secondary N) is 4. The van der Waals surface area contributed by atoms with E-state index in [-0.39, 0.29) is 23.6 Å². The maximum atomic E-state index is 12.4. The van der Waals surface area contributed by atoms with E-state index < -0.39 is 6.04 Å². The summed E-state index contributed by atoms with van der Waals surface area (Å²) in [5.74, 6) is 0.794. The molecule has 0 saturated carbocycles. The van der Waals surface area contributed by atoms with Crippen LogP contribution in [-0.4, -0.2) is 45.1 Å².